The maximum Gasteiger partial charge on any atom is 0.350 e. The van der Waals surface area contributed by atoms with Crippen molar-refractivity contribution >= 4 is 63.1 Å². The molecule has 0 atom stereocenters. The summed E-state index contributed by atoms with van der Waals surface area (Å²) in [5.41, 5.74) is 0.487. The lowest BCUT2D eigenvalue weighted by Gasteiger charge is -2.21. The van der Waals surface area contributed by atoms with Gasteiger partial charge in [0.25, 0.3) is 0 Å². The van der Waals surface area contributed by atoms with Crippen LogP contribution in [0.5, 0.6) is 0 Å². The summed E-state index contributed by atoms with van der Waals surface area (Å²) in [7, 11) is 0. The van der Waals surface area contributed by atoms with Gasteiger partial charge < -0.3 is 14.4 Å². The number of carbonyl (C=O) groups is 2. The summed E-state index contributed by atoms with van der Waals surface area (Å²) >= 11 is 2.60. The Bertz CT molecular complexity index is 865. The van der Waals surface area contributed by atoms with E-state index in [2.05, 4.69) is 15.0 Å². The van der Waals surface area contributed by atoms with Gasteiger partial charge in [-0.3, -0.25) is 4.79 Å². The van der Waals surface area contributed by atoms with Crippen LogP contribution in [0.3, 0.4) is 0 Å². The number of nitrogens with zero attached hydrogens (tertiary/aromatic N) is 4. The fraction of sp³-hybridized carbons (Fsp3) is 0.400. The van der Waals surface area contributed by atoms with Crippen molar-refractivity contribution in [2.45, 2.75) is 19.0 Å². The first-order chi connectivity index (χ1) is 12.1. The van der Waals surface area contributed by atoms with Crippen LogP contribution in [0.15, 0.2) is 10.1 Å². The summed E-state index contributed by atoms with van der Waals surface area (Å²) < 4.78 is 10.1. The van der Waals surface area contributed by atoms with Gasteiger partial charge in [-0.1, -0.05) is 11.8 Å². The van der Waals surface area contributed by atoms with E-state index in [1.165, 1.54) is 29.4 Å². The topological polar surface area (TPSA) is 94.0 Å². The normalized spacial score (nSPS) is 12.5. The summed E-state index contributed by atoms with van der Waals surface area (Å²) in [5, 5.41) is 1.20. The number of aromatic nitrogens is 2. The first kappa shape index (κ1) is 17.6. The van der Waals surface area contributed by atoms with Crippen LogP contribution < -0.4 is 4.90 Å². The number of ether oxygens (including phenoxy) is 2. The number of aliphatic imine (C=N–C) groups is 1. The highest BCUT2D eigenvalue weighted by atomic mass is 32.2. The Hall–Kier alpha value is -2.20. The van der Waals surface area contributed by atoms with Gasteiger partial charge in [0.15, 0.2) is 5.16 Å². The molecule has 3 rings (SSSR count). The molecule has 0 aromatic carbocycles. The zero-order chi connectivity index (χ0) is 18.0. The van der Waals surface area contributed by atoms with E-state index < -0.39 is 5.97 Å². The first-order valence-electron chi connectivity index (χ1n) is 7.61. The minimum atomic E-state index is -0.437. The predicted octanol–water partition coefficient (Wildman–Crippen LogP) is 2.63. The maximum atomic E-state index is 12.2. The van der Waals surface area contributed by atoms with Crippen LogP contribution in [0, 0.1) is 0 Å². The Balaban J connectivity index is 2.10. The number of esters is 2. The van der Waals surface area contributed by atoms with Crippen molar-refractivity contribution in [3.05, 3.63) is 4.88 Å². The molecule has 1 aliphatic rings. The molecule has 132 valence electrons. The fourth-order valence-corrected chi connectivity index (χ4v) is 3.78. The Kier molecular flexibility index (Phi) is 5.19. The van der Waals surface area contributed by atoms with Gasteiger partial charge in [0, 0.05) is 0 Å². The molecule has 0 saturated carbocycles. The molecule has 0 amide bonds. The number of anilines is 1. The Morgan fingerprint density at radius 3 is 2.68 bits per heavy atom. The largest absolute Gasteiger partial charge is 0.465 e. The molecule has 8 nitrogen and oxygen atoms in total. The zero-order valence-corrected chi connectivity index (χ0v) is 15.6. The molecule has 0 saturated heterocycles. The van der Waals surface area contributed by atoms with Gasteiger partial charge >= 0.3 is 11.9 Å². The van der Waals surface area contributed by atoms with Gasteiger partial charge in [0.1, 0.15) is 27.8 Å². The molecule has 0 spiro atoms. The van der Waals surface area contributed by atoms with Crippen LogP contribution in [-0.2, 0) is 14.3 Å². The number of rotatable bonds is 6. The van der Waals surface area contributed by atoms with Crippen molar-refractivity contribution in [2.24, 2.45) is 4.99 Å². The van der Waals surface area contributed by atoms with Gasteiger partial charge in [-0.2, -0.15) is 0 Å². The van der Waals surface area contributed by atoms with Crippen LogP contribution in [0.2, 0.25) is 0 Å². The third-order valence-corrected chi connectivity index (χ3v) is 4.93. The number of hydrogen-bond acceptors (Lipinski definition) is 10. The highest BCUT2D eigenvalue weighted by Gasteiger charge is 2.29. The molecule has 3 heterocycles. The van der Waals surface area contributed by atoms with E-state index in [-0.39, 0.29) is 19.1 Å². The monoisotopic (exact) mass is 380 g/mol. The van der Waals surface area contributed by atoms with Crippen molar-refractivity contribution in [1.82, 2.24) is 9.97 Å². The van der Waals surface area contributed by atoms with E-state index in [1.807, 2.05) is 6.26 Å². The second-order valence-electron chi connectivity index (χ2n) is 4.89. The molecule has 0 unspecified atom stereocenters. The third-order valence-electron chi connectivity index (χ3n) is 3.33. The van der Waals surface area contributed by atoms with Gasteiger partial charge in [-0.05, 0) is 20.1 Å². The number of carbonyl (C=O) groups excluding carboxylic acids is 2. The van der Waals surface area contributed by atoms with Crippen molar-refractivity contribution in [3.8, 4) is 0 Å². The smallest absolute Gasteiger partial charge is 0.350 e. The van der Waals surface area contributed by atoms with E-state index in [4.69, 9.17) is 9.47 Å². The highest BCUT2D eigenvalue weighted by Crippen LogP contribution is 2.44. The van der Waals surface area contributed by atoms with Gasteiger partial charge in [0.05, 0.1) is 24.9 Å². The molecule has 2 aromatic rings. The fourth-order valence-electron chi connectivity index (χ4n) is 2.35. The number of thiophene rings is 1. The second kappa shape index (κ2) is 7.36. The lowest BCUT2D eigenvalue weighted by Crippen LogP contribution is -2.31. The lowest BCUT2D eigenvalue weighted by molar-refractivity contribution is -0.141. The Morgan fingerprint density at radius 2 is 2.00 bits per heavy atom. The summed E-state index contributed by atoms with van der Waals surface area (Å²) in [6.45, 7) is 4.06. The molecule has 0 bridgehead atoms. The molecule has 25 heavy (non-hydrogen) atoms. The molecule has 0 aliphatic carbocycles. The van der Waals surface area contributed by atoms with Crippen LogP contribution in [0.25, 0.3) is 10.2 Å². The summed E-state index contributed by atoms with van der Waals surface area (Å²) in [4.78, 5) is 40.0. The summed E-state index contributed by atoms with van der Waals surface area (Å²) in [5.74, 6) is -0.275. The lowest BCUT2D eigenvalue weighted by atomic mass is 10.2. The minimum Gasteiger partial charge on any atom is -0.465 e. The molecular weight excluding hydrogens is 364 g/mol. The van der Waals surface area contributed by atoms with E-state index in [9.17, 15) is 9.59 Å². The Morgan fingerprint density at radius 1 is 1.24 bits per heavy atom. The molecule has 0 N–H and O–H groups in total. The standard InChI is InChI=1S/C15H16N4O4S2/c1-4-22-8(20)6-19-7-16-10-9-12(19)17-15(24-3)18-13(9)25-11(10)14(21)23-5-2/h7H,4-6H2,1-3H3. The SMILES string of the molecule is CCOC(=O)CN1C=Nc2c(C(=O)OCC)sc3nc(SC)nc1c23. The van der Waals surface area contributed by atoms with Crippen LogP contribution in [0.4, 0.5) is 11.5 Å². The van der Waals surface area contributed by atoms with E-state index in [0.717, 1.165) is 0 Å². The van der Waals surface area contributed by atoms with Gasteiger partial charge in [-0.25, -0.2) is 19.8 Å². The molecule has 0 fully saturated rings. The van der Waals surface area contributed by atoms with Gasteiger partial charge in [0.2, 0.25) is 0 Å². The average molecular weight is 380 g/mol. The van der Waals surface area contributed by atoms with Crippen molar-refractivity contribution < 1.29 is 19.1 Å². The van der Waals surface area contributed by atoms with Gasteiger partial charge in [-0.15, -0.1) is 11.3 Å². The molecule has 0 radical (unpaired) electrons. The number of thioether (sulfide) groups is 1. The molecule has 10 heteroatoms. The zero-order valence-electron chi connectivity index (χ0n) is 13.9. The van der Waals surface area contributed by atoms with Crippen molar-refractivity contribution in [1.29, 1.82) is 0 Å². The Labute approximate surface area is 152 Å². The molecule has 2 aromatic heterocycles. The van der Waals surface area contributed by atoms with Crippen molar-refractivity contribution in [2.75, 3.05) is 30.9 Å². The van der Waals surface area contributed by atoms with Crippen LogP contribution in [-0.4, -0.2) is 54.3 Å². The van der Waals surface area contributed by atoms with E-state index >= 15 is 0 Å². The van der Waals surface area contributed by atoms with E-state index in [0.29, 0.717) is 38.4 Å². The summed E-state index contributed by atoms with van der Waals surface area (Å²) in [6, 6.07) is 0. The quantitative estimate of drug-likeness (QED) is 0.429. The minimum absolute atomic E-state index is 0.0126. The summed E-state index contributed by atoms with van der Waals surface area (Å²) in [6.07, 6.45) is 3.35. The molecule has 1 aliphatic heterocycles. The second-order valence-corrected chi connectivity index (χ2v) is 6.66. The van der Waals surface area contributed by atoms with Crippen LogP contribution in [0.1, 0.15) is 23.5 Å². The van der Waals surface area contributed by atoms with Crippen molar-refractivity contribution in [3.63, 3.8) is 0 Å². The first-order valence-corrected chi connectivity index (χ1v) is 9.65. The highest BCUT2D eigenvalue weighted by molar-refractivity contribution is 7.98. The van der Waals surface area contributed by atoms with E-state index in [1.54, 1.807) is 18.7 Å². The van der Waals surface area contributed by atoms with Crippen LogP contribution >= 0.6 is 23.1 Å². The number of hydrogen-bond donors (Lipinski definition) is 0. The molecular formula is C15H16N4O4S2. The maximum absolute atomic E-state index is 12.2. The average Bonchev–Trinajstić information content (AvgIpc) is 2.97. The third kappa shape index (κ3) is 3.31. The predicted molar refractivity (Wildman–Crippen MR) is 97.3 cm³/mol.